The molecule has 0 bridgehead atoms. The fraction of sp³-hybridized carbons (Fsp3) is 0.667. The van der Waals surface area contributed by atoms with Crippen LogP contribution in [0.1, 0.15) is 66.6 Å². The van der Waals surface area contributed by atoms with Crippen LogP contribution in [0.4, 0.5) is 5.82 Å². The zero-order chi connectivity index (χ0) is 18.6. The number of pyridine rings is 1. The Kier molecular flexibility index (Phi) is 3.92. The second-order valence-corrected chi connectivity index (χ2v) is 8.96. The molecule has 2 aliphatic carbocycles. The van der Waals surface area contributed by atoms with Crippen molar-refractivity contribution in [2.45, 2.75) is 63.8 Å². The van der Waals surface area contributed by atoms with Gasteiger partial charge in [-0.05, 0) is 63.0 Å². The molecule has 5 rings (SSSR count). The SMILES string of the molecule is NC(=O)c1cc2c(nc1N1CCC[C@]3(CCC(=O)N(C4CC4)C3)C1)CCC2. The first-order valence-electron chi connectivity index (χ1n) is 10.4. The molecule has 144 valence electrons. The molecule has 1 atom stereocenters. The smallest absolute Gasteiger partial charge is 0.252 e. The van der Waals surface area contributed by atoms with Gasteiger partial charge in [-0.15, -0.1) is 0 Å². The number of hydrogen-bond acceptors (Lipinski definition) is 4. The van der Waals surface area contributed by atoms with Crippen molar-refractivity contribution < 1.29 is 9.59 Å². The van der Waals surface area contributed by atoms with Crippen molar-refractivity contribution in [1.82, 2.24) is 9.88 Å². The van der Waals surface area contributed by atoms with Crippen LogP contribution in [0, 0.1) is 5.41 Å². The van der Waals surface area contributed by atoms with Crippen molar-refractivity contribution in [3.05, 3.63) is 22.9 Å². The summed E-state index contributed by atoms with van der Waals surface area (Å²) >= 11 is 0. The molecule has 27 heavy (non-hydrogen) atoms. The highest BCUT2D eigenvalue weighted by molar-refractivity contribution is 5.98. The molecule has 0 radical (unpaired) electrons. The minimum Gasteiger partial charge on any atom is -0.365 e. The van der Waals surface area contributed by atoms with Crippen LogP contribution in [0.25, 0.3) is 0 Å². The van der Waals surface area contributed by atoms with Gasteiger partial charge in [-0.1, -0.05) is 0 Å². The molecule has 2 saturated heterocycles. The number of hydrogen-bond donors (Lipinski definition) is 1. The molecular formula is C21H28N4O2. The lowest BCUT2D eigenvalue weighted by Crippen LogP contribution is -2.55. The molecule has 6 heteroatoms. The molecule has 6 nitrogen and oxygen atoms in total. The van der Waals surface area contributed by atoms with Crippen molar-refractivity contribution in [1.29, 1.82) is 0 Å². The Bertz CT molecular complexity index is 804. The molecule has 0 aromatic carbocycles. The maximum absolute atomic E-state index is 12.4. The molecule has 2 aliphatic heterocycles. The number of rotatable bonds is 3. The number of anilines is 1. The van der Waals surface area contributed by atoms with Crippen molar-refractivity contribution in [3.8, 4) is 0 Å². The summed E-state index contributed by atoms with van der Waals surface area (Å²) in [6.07, 6.45) is 9.23. The highest BCUT2D eigenvalue weighted by atomic mass is 16.2. The van der Waals surface area contributed by atoms with Crippen LogP contribution in [0.15, 0.2) is 6.07 Å². The van der Waals surface area contributed by atoms with Crippen molar-refractivity contribution in [2.24, 2.45) is 11.1 Å². The van der Waals surface area contributed by atoms with Crippen LogP contribution in [0.5, 0.6) is 0 Å². The van der Waals surface area contributed by atoms with Gasteiger partial charge in [-0.2, -0.15) is 0 Å². The molecule has 1 saturated carbocycles. The van der Waals surface area contributed by atoms with Gasteiger partial charge in [0, 0.05) is 43.2 Å². The quantitative estimate of drug-likeness (QED) is 0.885. The molecule has 2 amide bonds. The molecular weight excluding hydrogens is 340 g/mol. The predicted molar refractivity (Wildman–Crippen MR) is 103 cm³/mol. The van der Waals surface area contributed by atoms with Gasteiger partial charge < -0.3 is 15.5 Å². The van der Waals surface area contributed by atoms with E-state index in [2.05, 4.69) is 9.80 Å². The van der Waals surface area contributed by atoms with Gasteiger partial charge in [0.2, 0.25) is 5.91 Å². The number of carbonyl (C=O) groups excluding carboxylic acids is 2. The Morgan fingerprint density at radius 1 is 1.15 bits per heavy atom. The molecule has 3 heterocycles. The number of piperidine rings is 2. The average molecular weight is 368 g/mol. The summed E-state index contributed by atoms with van der Waals surface area (Å²) in [7, 11) is 0. The molecule has 1 aromatic heterocycles. The average Bonchev–Trinajstić information content (AvgIpc) is 3.40. The number of likely N-dealkylation sites (tertiary alicyclic amines) is 1. The molecule has 4 aliphatic rings. The lowest BCUT2D eigenvalue weighted by molar-refractivity contribution is -0.138. The van der Waals surface area contributed by atoms with E-state index < -0.39 is 0 Å². The highest BCUT2D eigenvalue weighted by Crippen LogP contribution is 2.43. The number of fused-ring (bicyclic) bond motifs is 1. The number of amides is 2. The molecule has 1 aromatic rings. The molecule has 3 fully saturated rings. The first-order valence-corrected chi connectivity index (χ1v) is 10.4. The minimum absolute atomic E-state index is 0.129. The highest BCUT2D eigenvalue weighted by Gasteiger charge is 2.46. The summed E-state index contributed by atoms with van der Waals surface area (Å²) in [5.74, 6) is 0.719. The Balaban J connectivity index is 1.44. The lowest BCUT2D eigenvalue weighted by atomic mass is 9.73. The van der Waals surface area contributed by atoms with Crippen LogP contribution < -0.4 is 10.6 Å². The van der Waals surface area contributed by atoms with E-state index in [1.54, 1.807) is 0 Å². The molecule has 1 spiro atoms. The fourth-order valence-corrected chi connectivity index (χ4v) is 5.37. The molecule has 0 unspecified atom stereocenters. The van der Waals surface area contributed by atoms with Gasteiger partial charge in [0.1, 0.15) is 5.82 Å². The first-order chi connectivity index (χ1) is 13.0. The first kappa shape index (κ1) is 17.0. The van der Waals surface area contributed by atoms with Crippen molar-refractivity contribution >= 4 is 17.6 Å². The monoisotopic (exact) mass is 368 g/mol. The van der Waals surface area contributed by atoms with E-state index in [1.165, 1.54) is 5.56 Å². The zero-order valence-electron chi connectivity index (χ0n) is 15.9. The molecule has 2 N–H and O–H groups in total. The maximum Gasteiger partial charge on any atom is 0.252 e. The number of nitrogens with zero attached hydrogens (tertiary/aromatic N) is 3. The summed E-state index contributed by atoms with van der Waals surface area (Å²) in [4.78, 5) is 33.8. The van der Waals surface area contributed by atoms with Crippen LogP contribution in [0.3, 0.4) is 0 Å². The topological polar surface area (TPSA) is 79.5 Å². The van der Waals surface area contributed by atoms with E-state index in [4.69, 9.17) is 10.7 Å². The summed E-state index contributed by atoms with van der Waals surface area (Å²) < 4.78 is 0. The Hall–Kier alpha value is -2.11. The van der Waals surface area contributed by atoms with Gasteiger partial charge in [-0.3, -0.25) is 9.59 Å². The normalized spacial score (nSPS) is 27.9. The van der Waals surface area contributed by atoms with Gasteiger partial charge in [0.15, 0.2) is 0 Å². The summed E-state index contributed by atoms with van der Waals surface area (Å²) in [5, 5.41) is 0. The van der Waals surface area contributed by atoms with Gasteiger partial charge >= 0.3 is 0 Å². The number of primary amides is 1. The Labute approximate surface area is 160 Å². The van der Waals surface area contributed by atoms with E-state index in [1.807, 2.05) is 6.07 Å². The fourth-order valence-electron chi connectivity index (χ4n) is 5.37. The van der Waals surface area contributed by atoms with E-state index in [9.17, 15) is 9.59 Å². The summed E-state index contributed by atoms with van der Waals surface area (Å²) in [6, 6.07) is 2.46. The second-order valence-electron chi connectivity index (χ2n) is 8.96. The third kappa shape index (κ3) is 2.99. The third-order valence-electron chi connectivity index (χ3n) is 6.94. The second kappa shape index (κ2) is 6.21. The minimum atomic E-state index is -0.384. The van der Waals surface area contributed by atoms with Crippen LogP contribution >= 0.6 is 0 Å². The summed E-state index contributed by atoms with van der Waals surface area (Å²) in [5.41, 5.74) is 8.73. The van der Waals surface area contributed by atoms with Crippen LogP contribution in [-0.2, 0) is 17.6 Å². The number of nitrogens with two attached hydrogens (primary N) is 1. The summed E-state index contributed by atoms with van der Waals surface area (Å²) in [6.45, 7) is 2.64. The van der Waals surface area contributed by atoms with Crippen LogP contribution in [-0.4, -0.2) is 47.4 Å². The predicted octanol–water partition coefficient (Wildman–Crippen LogP) is 2.04. The Morgan fingerprint density at radius 3 is 2.78 bits per heavy atom. The van der Waals surface area contributed by atoms with Crippen LogP contribution in [0.2, 0.25) is 0 Å². The van der Waals surface area contributed by atoms with E-state index in [0.717, 1.165) is 82.5 Å². The third-order valence-corrected chi connectivity index (χ3v) is 6.94. The lowest BCUT2D eigenvalue weighted by Gasteiger charge is -2.49. The van der Waals surface area contributed by atoms with Gasteiger partial charge in [0.25, 0.3) is 5.91 Å². The van der Waals surface area contributed by atoms with Crippen molar-refractivity contribution in [3.63, 3.8) is 0 Å². The van der Waals surface area contributed by atoms with Gasteiger partial charge in [0.05, 0.1) is 5.56 Å². The van der Waals surface area contributed by atoms with Gasteiger partial charge in [-0.25, -0.2) is 4.98 Å². The van der Waals surface area contributed by atoms with E-state index >= 15 is 0 Å². The van der Waals surface area contributed by atoms with E-state index in [0.29, 0.717) is 23.9 Å². The Morgan fingerprint density at radius 2 is 2.00 bits per heavy atom. The standard InChI is InChI=1S/C21H28N4O2/c22-19(27)16-11-14-3-1-4-17(14)23-20(16)24-10-2-8-21(12-24)9-7-18(26)25(13-21)15-5-6-15/h11,15H,1-10,12-13H2,(H2,22,27)/t21-/m0/s1. The van der Waals surface area contributed by atoms with Crippen molar-refractivity contribution in [2.75, 3.05) is 24.5 Å². The number of aryl methyl sites for hydroxylation is 2. The maximum atomic E-state index is 12.4. The zero-order valence-corrected chi connectivity index (χ0v) is 15.9. The number of carbonyl (C=O) groups is 2. The van der Waals surface area contributed by atoms with E-state index in [-0.39, 0.29) is 11.3 Å². The number of aromatic nitrogens is 1. The largest absolute Gasteiger partial charge is 0.365 e.